The molecule has 186 valence electrons. The van der Waals surface area contributed by atoms with Crippen LogP contribution in [0.1, 0.15) is 52.0 Å². The minimum atomic E-state index is -3.28. The number of benzene rings is 1. The van der Waals surface area contributed by atoms with E-state index < -0.39 is 15.1 Å². The van der Waals surface area contributed by atoms with Crippen LogP contribution >= 0.6 is 34.9 Å². The first kappa shape index (κ1) is 25.9. The summed E-state index contributed by atoms with van der Waals surface area (Å²) in [5, 5.41) is 0.291. The Labute approximate surface area is 217 Å². The van der Waals surface area contributed by atoms with Gasteiger partial charge < -0.3 is 13.9 Å². The molecule has 1 saturated carbocycles. The second-order valence-corrected chi connectivity index (χ2v) is 14.8. The van der Waals surface area contributed by atoms with Crippen molar-refractivity contribution in [3.63, 3.8) is 0 Å². The molecule has 2 aromatic rings. The first-order valence-electron chi connectivity index (χ1n) is 11.8. The maximum atomic E-state index is 12.6. The highest BCUT2D eigenvalue weighted by atomic mass is 35.5. The number of rotatable bonds is 9. The Balaban J connectivity index is 1.68. The number of thiophene rings is 1. The molecule has 34 heavy (non-hydrogen) atoms. The van der Waals surface area contributed by atoms with E-state index in [1.807, 2.05) is 25.2 Å². The van der Waals surface area contributed by atoms with Crippen molar-refractivity contribution >= 4 is 56.1 Å². The molecule has 2 fully saturated rings. The number of allylic oxidation sites excluding steroid dienone is 1. The van der Waals surface area contributed by atoms with Gasteiger partial charge in [0.25, 0.3) is 0 Å². The molecule has 9 heteroatoms. The average Bonchev–Trinajstić information content (AvgIpc) is 3.40. The zero-order chi connectivity index (χ0) is 24.5. The molecule has 4 rings (SSSR count). The second kappa shape index (κ2) is 10.4. The van der Waals surface area contributed by atoms with E-state index in [1.54, 1.807) is 19.9 Å². The zero-order valence-electron chi connectivity index (χ0n) is 20.2. The van der Waals surface area contributed by atoms with Gasteiger partial charge in [0.15, 0.2) is 9.84 Å². The number of hydrogen-bond donors (Lipinski definition) is 0. The summed E-state index contributed by atoms with van der Waals surface area (Å²) in [7, 11) is -1.26. The van der Waals surface area contributed by atoms with Gasteiger partial charge in [0.1, 0.15) is 4.21 Å². The molecule has 0 unspecified atom stereocenters. The van der Waals surface area contributed by atoms with Crippen LogP contribution in [0, 0.1) is 0 Å². The third-order valence-electron chi connectivity index (χ3n) is 6.42. The number of nitrogens with zero attached hydrogens (tertiary/aromatic N) is 2. The highest BCUT2D eigenvalue weighted by molar-refractivity contribution is 8.03. The van der Waals surface area contributed by atoms with Gasteiger partial charge in [-0.1, -0.05) is 37.1 Å². The van der Waals surface area contributed by atoms with Gasteiger partial charge in [-0.3, -0.25) is 0 Å². The Morgan fingerprint density at radius 2 is 2.09 bits per heavy atom. The molecular weight excluding hydrogens is 508 g/mol. The highest BCUT2D eigenvalue weighted by Crippen LogP contribution is 2.50. The number of halogens is 1. The molecule has 2 heterocycles. The lowest BCUT2D eigenvalue weighted by atomic mass is 10.0. The van der Waals surface area contributed by atoms with E-state index in [1.165, 1.54) is 29.0 Å². The van der Waals surface area contributed by atoms with Gasteiger partial charge in [-0.25, -0.2) is 8.42 Å². The van der Waals surface area contributed by atoms with Crippen LogP contribution in [0.25, 0.3) is 5.70 Å². The molecule has 0 amide bonds. The molecule has 1 aromatic heterocycles. The van der Waals surface area contributed by atoms with Crippen molar-refractivity contribution in [1.82, 2.24) is 4.90 Å². The molecule has 1 aliphatic carbocycles. The standard InChI is InChI=1S/C25H33ClN2O3S3/c1-5-6-9-21(28-15-16-31-17-25(28)13-14-25)24-19(26)8-7-10-20(24)27(4)33-22-11-12-23(32-22)34(29,30)18(2)3/h7-12,18H,5-6,13-17H2,1-4H3/b21-9-. The topological polar surface area (TPSA) is 49.9 Å². The molecule has 1 saturated heterocycles. The normalized spacial score (nSPS) is 18.1. The first-order chi connectivity index (χ1) is 16.2. The van der Waals surface area contributed by atoms with E-state index in [9.17, 15) is 8.42 Å². The van der Waals surface area contributed by atoms with Crippen LogP contribution in [0.15, 0.2) is 44.8 Å². The summed E-state index contributed by atoms with van der Waals surface area (Å²) in [4.78, 5) is 2.52. The number of unbranched alkanes of at least 4 members (excludes halogenated alkanes) is 1. The molecule has 2 aliphatic rings. The van der Waals surface area contributed by atoms with E-state index in [-0.39, 0.29) is 5.54 Å². The molecule has 0 radical (unpaired) electrons. The lowest BCUT2D eigenvalue weighted by Crippen LogP contribution is -2.46. The lowest BCUT2D eigenvalue weighted by molar-refractivity contribution is 0.00971. The number of ether oxygens (including phenoxy) is 1. The van der Waals surface area contributed by atoms with Crippen molar-refractivity contribution in [3.05, 3.63) is 47.0 Å². The molecular formula is C25H33ClN2O3S3. The molecule has 0 N–H and O–H groups in total. The van der Waals surface area contributed by atoms with Gasteiger partial charge >= 0.3 is 0 Å². The van der Waals surface area contributed by atoms with E-state index in [0.717, 1.165) is 65.9 Å². The third-order valence-corrected chi connectivity index (χ3v) is 11.6. The van der Waals surface area contributed by atoms with Gasteiger partial charge in [0.05, 0.1) is 38.9 Å². The van der Waals surface area contributed by atoms with E-state index in [4.69, 9.17) is 16.3 Å². The summed E-state index contributed by atoms with van der Waals surface area (Å²) >= 11 is 9.72. The van der Waals surface area contributed by atoms with Crippen molar-refractivity contribution in [2.75, 3.05) is 31.1 Å². The SMILES string of the molecule is CCC/C=C(/c1c(Cl)cccc1N(C)Sc1ccc(S(=O)(=O)C(C)C)s1)N1CCOCC12CC2. The minimum Gasteiger partial charge on any atom is -0.377 e. The number of hydrogen-bond acceptors (Lipinski definition) is 7. The maximum Gasteiger partial charge on any atom is 0.190 e. The van der Waals surface area contributed by atoms with Gasteiger partial charge in [0.2, 0.25) is 0 Å². The van der Waals surface area contributed by atoms with E-state index in [0.29, 0.717) is 4.21 Å². The fourth-order valence-electron chi connectivity index (χ4n) is 4.25. The van der Waals surface area contributed by atoms with Crippen LogP contribution in [0.4, 0.5) is 5.69 Å². The Morgan fingerprint density at radius 1 is 1.32 bits per heavy atom. The molecule has 0 bridgehead atoms. The van der Waals surface area contributed by atoms with Gasteiger partial charge in [0, 0.05) is 24.9 Å². The van der Waals surface area contributed by atoms with Gasteiger partial charge in [-0.15, -0.1) is 11.3 Å². The second-order valence-electron chi connectivity index (χ2n) is 9.20. The summed E-state index contributed by atoms with van der Waals surface area (Å²) in [6.45, 7) is 7.97. The molecule has 1 aromatic carbocycles. The Kier molecular flexibility index (Phi) is 7.94. The van der Waals surface area contributed by atoms with Crippen LogP contribution in [0.2, 0.25) is 5.02 Å². The summed E-state index contributed by atoms with van der Waals surface area (Å²) in [5.74, 6) is 0. The predicted octanol–water partition coefficient (Wildman–Crippen LogP) is 6.73. The van der Waals surface area contributed by atoms with Crippen LogP contribution in [0.3, 0.4) is 0 Å². The fraction of sp³-hybridized carbons (Fsp3) is 0.520. The molecule has 5 nitrogen and oxygen atoms in total. The van der Waals surface area contributed by atoms with E-state index >= 15 is 0 Å². The van der Waals surface area contributed by atoms with Gasteiger partial charge in [-0.05, 0) is 69.3 Å². The van der Waals surface area contributed by atoms with Crippen LogP contribution in [0.5, 0.6) is 0 Å². The highest BCUT2D eigenvalue weighted by Gasteiger charge is 2.51. The smallest absolute Gasteiger partial charge is 0.190 e. The number of anilines is 1. The van der Waals surface area contributed by atoms with Crippen LogP contribution in [-0.2, 0) is 14.6 Å². The zero-order valence-corrected chi connectivity index (χ0v) is 23.4. The summed E-state index contributed by atoms with van der Waals surface area (Å²) in [5.41, 5.74) is 3.33. The number of morpholine rings is 1. The first-order valence-corrected chi connectivity index (χ1v) is 15.3. The van der Waals surface area contributed by atoms with E-state index in [2.05, 4.69) is 28.3 Å². The fourth-order valence-corrected chi connectivity index (χ4v) is 8.58. The summed E-state index contributed by atoms with van der Waals surface area (Å²) in [6.07, 6.45) is 6.65. The Hall–Kier alpha value is -1.19. The van der Waals surface area contributed by atoms with Crippen molar-refractivity contribution in [3.8, 4) is 0 Å². The predicted molar refractivity (Wildman–Crippen MR) is 145 cm³/mol. The van der Waals surface area contributed by atoms with Crippen molar-refractivity contribution in [2.24, 2.45) is 0 Å². The van der Waals surface area contributed by atoms with Crippen LogP contribution < -0.4 is 4.31 Å². The molecule has 1 aliphatic heterocycles. The minimum absolute atomic E-state index is 0.0911. The lowest BCUT2D eigenvalue weighted by Gasteiger charge is -2.41. The summed E-state index contributed by atoms with van der Waals surface area (Å²) in [6, 6.07) is 9.63. The molecule has 1 spiro atoms. The van der Waals surface area contributed by atoms with Gasteiger partial charge in [-0.2, -0.15) is 0 Å². The van der Waals surface area contributed by atoms with Crippen molar-refractivity contribution < 1.29 is 13.2 Å². The summed E-state index contributed by atoms with van der Waals surface area (Å²) < 4.78 is 34.4. The largest absolute Gasteiger partial charge is 0.377 e. The van der Waals surface area contributed by atoms with Crippen molar-refractivity contribution in [1.29, 1.82) is 0 Å². The van der Waals surface area contributed by atoms with Crippen LogP contribution in [-0.4, -0.2) is 50.9 Å². The third kappa shape index (κ3) is 5.16. The monoisotopic (exact) mass is 540 g/mol. The number of sulfone groups is 1. The molecule has 0 atom stereocenters. The average molecular weight is 541 g/mol. The quantitative estimate of drug-likeness (QED) is 0.328. The van der Waals surface area contributed by atoms with Crippen molar-refractivity contribution in [2.45, 2.75) is 65.7 Å². The maximum absolute atomic E-state index is 12.6. The Morgan fingerprint density at radius 3 is 2.76 bits per heavy atom. The Bertz CT molecular complexity index is 1160.